The Morgan fingerprint density at radius 3 is 2.62 bits per heavy atom. The van der Waals surface area contributed by atoms with Crippen LogP contribution in [0.4, 0.5) is 0 Å². The Morgan fingerprint density at radius 2 is 2.00 bits per heavy atom. The lowest BCUT2D eigenvalue weighted by atomic mass is 9.89. The van der Waals surface area contributed by atoms with Gasteiger partial charge < -0.3 is 10.4 Å². The third-order valence-electron chi connectivity index (χ3n) is 4.14. The van der Waals surface area contributed by atoms with Crippen LogP contribution < -0.4 is 5.32 Å². The average molecular weight is 326 g/mol. The molecule has 0 spiro atoms. The molecule has 24 heavy (non-hydrogen) atoms. The number of hydrogen-bond donors (Lipinski definition) is 2. The molecule has 5 nitrogen and oxygen atoms in total. The molecule has 0 aliphatic heterocycles. The minimum Gasteiger partial charge on any atom is -0.396 e. The first-order valence-corrected chi connectivity index (χ1v) is 8.30. The van der Waals surface area contributed by atoms with Gasteiger partial charge in [0.1, 0.15) is 0 Å². The van der Waals surface area contributed by atoms with Crippen molar-refractivity contribution >= 4 is 0 Å². The van der Waals surface area contributed by atoms with E-state index < -0.39 is 0 Å². The van der Waals surface area contributed by atoms with E-state index in [-0.39, 0.29) is 12.0 Å². The zero-order valence-corrected chi connectivity index (χ0v) is 14.7. The molecule has 0 unspecified atom stereocenters. The van der Waals surface area contributed by atoms with Gasteiger partial charge in [0.2, 0.25) is 0 Å². The number of benzene rings is 1. The van der Waals surface area contributed by atoms with Gasteiger partial charge in [0.25, 0.3) is 0 Å². The zero-order chi connectivity index (χ0) is 17.6. The van der Waals surface area contributed by atoms with Gasteiger partial charge in [-0.05, 0) is 36.9 Å². The van der Waals surface area contributed by atoms with E-state index >= 15 is 0 Å². The maximum Gasteiger partial charge on any atom is 0.0991 e. The molecule has 2 N–H and O–H groups in total. The number of hydrogen-bond acceptors (Lipinski definition) is 4. The number of aromatic nitrogens is 2. The second-order valence-electron chi connectivity index (χ2n) is 6.97. The van der Waals surface area contributed by atoms with E-state index in [4.69, 9.17) is 5.26 Å². The van der Waals surface area contributed by atoms with Gasteiger partial charge >= 0.3 is 0 Å². The molecule has 1 heterocycles. The Hall–Kier alpha value is -2.16. The fraction of sp³-hybridized carbons (Fsp3) is 0.474. The monoisotopic (exact) mass is 326 g/mol. The van der Waals surface area contributed by atoms with Gasteiger partial charge in [-0.3, -0.25) is 4.68 Å². The third kappa shape index (κ3) is 4.92. The molecule has 0 saturated carbocycles. The van der Waals surface area contributed by atoms with Crippen LogP contribution in [0.5, 0.6) is 0 Å². The Bertz CT molecular complexity index is 695. The third-order valence-corrected chi connectivity index (χ3v) is 4.14. The van der Waals surface area contributed by atoms with Crippen LogP contribution in [-0.4, -0.2) is 28.0 Å². The summed E-state index contributed by atoms with van der Waals surface area (Å²) in [6.07, 6.45) is 4.05. The summed E-state index contributed by atoms with van der Waals surface area (Å²) < 4.78 is 1.82. The van der Waals surface area contributed by atoms with E-state index in [2.05, 4.69) is 30.3 Å². The van der Waals surface area contributed by atoms with Crippen molar-refractivity contribution in [3.05, 3.63) is 41.6 Å². The van der Waals surface area contributed by atoms with E-state index in [1.54, 1.807) is 0 Å². The second-order valence-corrected chi connectivity index (χ2v) is 6.97. The van der Waals surface area contributed by atoms with Crippen molar-refractivity contribution in [3.8, 4) is 17.3 Å². The fourth-order valence-corrected chi connectivity index (χ4v) is 2.61. The first kappa shape index (κ1) is 18.2. The molecular formula is C19H26N4O. The summed E-state index contributed by atoms with van der Waals surface area (Å²) in [5, 5.41) is 26.2. The number of nitrogens with one attached hydrogen (secondary N) is 1. The Morgan fingerprint density at radius 1 is 1.29 bits per heavy atom. The molecule has 0 saturated heterocycles. The number of nitriles is 1. The summed E-state index contributed by atoms with van der Waals surface area (Å²) in [7, 11) is 1.92. The van der Waals surface area contributed by atoms with E-state index in [9.17, 15) is 5.11 Å². The van der Waals surface area contributed by atoms with Crippen LogP contribution in [0.25, 0.3) is 11.3 Å². The summed E-state index contributed by atoms with van der Waals surface area (Å²) in [6, 6.07) is 9.65. The zero-order valence-electron chi connectivity index (χ0n) is 14.7. The minimum absolute atomic E-state index is 0.0103. The van der Waals surface area contributed by atoms with E-state index in [0.717, 1.165) is 42.8 Å². The molecule has 2 aromatic rings. The largest absolute Gasteiger partial charge is 0.396 e. The van der Waals surface area contributed by atoms with Gasteiger partial charge in [0.05, 0.1) is 17.3 Å². The van der Waals surface area contributed by atoms with Crippen molar-refractivity contribution in [2.45, 2.75) is 33.2 Å². The van der Waals surface area contributed by atoms with Crippen molar-refractivity contribution in [1.29, 1.82) is 5.26 Å². The van der Waals surface area contributed by atoms with Gasteiger partial charge in [-0.1, -0.05) is 26.0 Å². The summed E-state index contributed by atoms with van der Waals surface area (Å²) in [5.74, 6) is 0. The molecule has 0 fully saturated rings. The van der Waals surface area contributed by atoms with Crippen LogP contribution in [0, 0.1) is 16.7 Å². The quantitative estimate of drug-likeness (QED) is 0.732. The van der Waals surface area contributed by atoms with E-state index in [0.29, 0.717) is 5.56 Å². The Labute approximate surface area is 143 Å². The summed E-state index contributed by atoms with van der Waals surface area (Å²) in [6.45, 7) is 6.04. The number of aliphatic hydroxyl groups excluding tert-OH is 1. The SMILES string of the molecule is Cn1cc(CNCCCC(C)(C)CO)c(-c2ccc(C#N)cc2)n1. The maximum atomic E-state index is 9.28. The molecule has 0 aliphatic carbocycles. The number of nitrogens with zero attached hydrogens (tertiary/aromatic N) is 3. The minimum atomic E-state index is -0.0103. The first-order chi connectivity index (χ1) is 11.4. The van der Waals surface area contributed by atoms with Gasteiger partial charge in [0.15, 0.2) is 0 Å². The van der Waals surface area contributed by atoms with E-state index in [1.165, 1.54) is 0 Å². The highest BCUT2D eigenvalue weighted by molar-refractivity contribution is 5.63. The predicted octanol–water partition coefficient (Wildman–Crippen LogP) is 2.85. The molecule has 128 valence electrons. The summed E-state index contributed by atoms with van der Waals surface area (Å²) >= 11 is 0. The van der Waals surface area contributed by atoms with Crippen LogP contribution in [-0.2, 0) is 13.6 Å². The van der Waals surface area contributed by atoms with Crippen LogP contribution in [0.3, 0.4) is 0 Å². The van der Waals surface area contributed by atoms with Crippen molar-refractivity contribution in [1.82, 2.24) is 15.1 Å². The van der Waals surface area contributed by atoms with Crippen LogP contribution in [0.15, 0.2) is 30.5 Å². The van der Waals surface area contributed by atoms with Gasteiger partial charge in [0, 0.05) is 37.5 Å². The Balaban J connectivity index is 1.95. The predicted molar refractivity (Wildman–Crippen MR) is 95.2 cm³/mol. The highest BCUT2D eigenvalue weighted by atomic mass is 16.3. The van der Waals surface area contributed by atoms with Gasteiger partial charge in [-0.2, -0.15) is 10.4 Å². The molecule has 2 rings (SSSR count). The molecule has 0 aliphatic rings. The summed E-state index contributed by atoms with van der Waals surface area (Å²) in [4.78, 5) is 0. The van der Waals surface area contributed by atoms with Crippen LogP contribution in [0.1, 0.15) is 37.8 Å². The lowest BCUT2D eigenvalue weighted by molar-refractivity contribution is 0.148. The smallest absolute Gasteiger partial charge is 0.0991 e. The molecule has 0 radical (unpaired) electrons. The lowest BCUT2D eigenvalue weighted by Crippen LogP contribution is -2.21. The average Bonchev–Trinajstić information content (AvgIpc) is 2.95. The molecule has 5 heteroatoms. The summed E-state index contributed by atoms with van der Waals surface area (Å²) in [5.41, 5.74) is 3.76. The second kappa shape index (κ2) is 8.09. The van der Waals surface area contributed by atoms with Gasteiger partial charge in [-0.25, -0.2) is 0 Å². The standard InChI is InChI=1S/C19H26N4O/c1-19(2,14-24)9-4-10-21-12-17-13-23(3)22-18(17)16-7-5-15(11-20)6-8-16/h5-8,13,21,24H,4,9-10,12,14H2,1-3H3. The molecular weight excluding hydrogens is 300 g/mol. The first-order valence-electron chi connectivity index (χ1n) is 8.30. The van der Waals surface area contributed by atoms with Crippen molar-refractivity contribution in [2.75, 3.05) is 13.2 Å². The van der Waals surface area contributed by atoms with Crippen LogP contribution >= 0.6 is 0 Å². The number of rotatable bonds is 8. The van der Waals surface area contributed by atoms with Crippen molar-refractivity contribution in [2.24, 2.45) is 12.5 Å². The lowest BCUT2D eigenvalue weighted by Gasteiger charge is -2.21. The number of aliphatic hydroxyl groups is 1. The fourth-order valence-electron chi connectivity index (χ4n) is 2.61. The van der Waals surface area contributed by atoms with Crippen LogP contribution in [0.2, 0.25) is 0 Å². The molecule has 0 bridgehead atoms. The molecule has 1 aromatic carbocycles. The molecule has 1 aromatic heterocycles. The maximum absolute atomic E-state index is 9.28. The van der Waals surface area contributed by atoms with E-state index in [1.807, 2.05) is 42.2 Å². The highest BCUT2D eigenvalue weighted by Crippen LogP contribution is 2.23. The molecule has 0 atom stereocenters. The highest BCUT2D eigenvalue weighted by Gasteiger charge is 2.15. The number of aryl methyl sites for hydroxylation is 1. The van der Waals surface area contributed by atoms with Gasteiger partial charge in [-0.15, -0.1) is 0 Å². The Kier molecular flexibility index (Phi) is 6.13. The normalized spacial score (nSPS) is 11.5. The van der Waals surface area contributed by atoms with Crippen molar-refractivity contribution < 1.29 is 5.11 Å². The molecule has 0 amide bonds. The topological polar surface area (TPSA) is 73.9 Å². The van der Waals surface area contributed by atoms with Crippen molar-refractivity contribution in [3.63, 3.8) is 0 Å².